The Hall–Kier alpha value is -3.48. The van der Waals surface area contributed by atoms with Crippen LogP contribution in [0.1, 0.15) is 74.9 Å². The summed E-state index contributed by atoms with van der Waals surface area (Å²) in [5, 5.41) is 9.53. The molecule has 0 N–H and O–H groups in total. The molecule has 41 heavy (non-hydrogen) atoms. The summed E-state index contributed by atoms with van der Waals surface area (Å²) in [4.78, 5) is 31.4. The molecule has 6 rings (SSSR count). The first kappa shape index (κ1) is 27.7. The van der Waals surface area contributed by atoms with Gasteiger partial charge < -0.3 is 14.5 Å². The Morgan fingerprint density at radius 3 is 2.80 bits per heavy atom. The standard InChI is InChI=1S/C32H41N7O2/c1-5-29(40)39-16-15-36(18-23(39)12-13-33)30-25-19-38(28-17-32(3,4)26-11-7-6-10-24(26)28)20-27(25)34-31(35-30)41-21-37-14-8-9-22(37)2/h5-7,10-11,22-23,28H,1,8-9,12,14-21H2,2-4H3/t22?,23-,28?/m0/s1. The van der Waals surface area contributed by atoms with Crippen LogP contribution >= 0.6 is 0 Å². The number of aromatic nitrogens is 2. The van der Waals surface area contributed by atoms with Gasteiger partial charge in [-0.15, -0.1) is 0 Å². The normalized spacial score (nSPS) is 25.6. The molecule has 3 aliphatic heterocycles. The Balaban J connectivity index is 1.31. The third-order valence-corrected chi connectivity index (χ3v) is 9.57. The molecule has 0 spiro atoms. The van der Waals surface area contributed by atoms with Crippen molar-refractivity contribution in [2.24, 2.45) is 0 Å². The number of carbonyl (C=O) groups is 1. The van der Waals surface area contributed by atoms with Crippen molar-refractivity contribution in [1.82, 2.24) is 24.7 Å². The summed E-state index contributed by atoms with van der Waals surface area (Å²) in [6.45, 7) is 15.3. The first-order valence-electron chi connectivity index (χ1n) is 14.9. The van der Waals surface area contributed by atoms with Crippen LogP contribution in [0.3, 0.4) is 0 Å². The molecule has 4 aliphatic rings. The fourth-order valence-electron chi connectivity index (χ4n) is 7.28. The van der Waals surface area contributed by atoms with Crippen LogP contribution in [0, 0.1) is 11.3 Å². The lowest BCUT2D eigenvalue weighted by atomic mass is 9.86. The maximum Gasteiger partial charge on any atom is 0.319 e. The van der Waals surface area contributed by atoms with Gasteiger partial charge in [0.1, 0.15) is 12.5 Å². The highest BCUT2D eigenvalue weighted by Gasteiger charge is 2.42. The molecule has 9 nitrogen and oxygen atoms in total. The molecule has 1 amide bonds. The lowest BCUT2D eigenvalue weighted by Crippen LogP contribution is -2.55. The molecule has 0 radical (unpaired) electrons. The predicted octanol–water partition coefficient (Wildman–Crippen LogP) is 4.15. The number of hydrogen-bond donors (Lipinski definition) is 0. The van der Waals surface area contributed by atoms with E-state index in [1.54, 1.807) is 4.90 Å². The third-order valence-electron chi connectivity index (χ3n) is 9.57. The van der Waals surface area contributed by atoms with Gasteiger partial charge in [0.25, 0.3) is 0 Å². The second-order valence-electron chi connectivity index (χ2n) is 12.6. The highest BCUT2D eigenvalue weighted by Crippen LogP contribution is 2.49. The zero-order valence-corrected chi connectivity index (χ0v) is 24.6. The molecule has 1 aliphatic carbocycles. The van der Waals surface area contributed by atoms with Crippen molar-refractivity contribution in [2.45, 2.75) is 83.1 Å². The number of anilines is 1. The van der Waals surface area contributed by atoms with Crippen molar-refractivity contribution in [3.05, 3.63) is 59.3 Å². The molecule has 9 heteroatoms. The van der Waals surface area contributed by atoms with E-state index in [1.165, 1.54) is 30.0 Å². The predicted molar refractivity (Wildman–Crippen MR) is 157 cm³/mol. The number of amides is 1. The summed E-state index contributed by atoms with van der Waals surface area (Å²) in [5.74, 6) is 0.747. The molecule has 2 saturated heterocycles. The van der Waals surface area contributed by atoms with Gasteiger partial charge in [-0.05, 0) is 48.8 Å². The van der Waals surface area contributed by atoms with Gasteiger partial charge in [-0.3, -0.25) is 14.6 Å². The van der Waals surface area contributed by atoms with Crippen molar-refractivity contribution < 1.29 is 9.53 Å². The number of carbonyl (C=O) groups excluding carboxylic acids is 1. The fourth-order valence-corrected chi connectivity index (χ4v) is 7.28. The largest absolute Gasteiger partial charge is 0.447 e. The average Bonchev–Trinajstić information content (AvgIpc) is 3.66. The Morgan fingerprint density at radius 2 is 2.05 bits per heavy atom. The quantitative estimate of drug-likeness (QED) is 0.471. The first-order chi connectivity index (χ1) is 19.8. The van der Waals surface area contributed by atoms with Crippen molar-refractivity contribution in [2.75, 3.05) is 37.8 Å². The Labute approximate surface area is 243 Å². The molecule has 2 fully saturated rings. The van der Waals surface area contributed by atoms with Crippen LogP contribution in [0.15, 0.2) is 36.9 Å². The first-order valence-corrected chi connectivity index (χ1v) is 14.9. The maximum atomic E-state index is 12.5. The molecule has 216 valence electrons. The van der Waals surface area contributed by atoms with Crippen LogP contribution in [0.4, 0.5) is 5.82 Å². The number of piperazine rings is 1. The topological polar surface area (TPSA) is 88.8 Å². The Morgan fingerprint density at radius 1 is 1.22 bits per heavy atom. The second kappa shape index (κ2) is 11.1. The molecule has 4 heterocycles. The van der Waals surface area contributed by atoms with Gasteiger partial charge in [0, 0.05) is 56.9 Å². The summed E-state index contributed by atoms with van der Waals surface area (Å²) < 4.78 is 6.25. The number of rotatable bonds is 7. The SMILES string of the molecule is C=CC(=O)N1CCN(c2nc(OCN3CCCC3C)nc3c2CN(C2CC(C)(C)c4ccccc42)C3)C[C@@H]1CC#N. The van der Waals surface area contributed by atoms with Crippen molar-refractivity contribution >= 4 is 11.7 Å². The van der Waals surface area contributed by atoms with Gasteiger partial charge in [-0.2, -0.15) is 15.2 Å². The van der Waals surface area contributed by atoms with Crippen LogP contribution in [0.5, 0.6) is 6.01 Å². The number of nitriles is 1. The van der Waals surface area contributed by atoms with E-state index in [0.717, 1.165) is 43.1 Å². The lowest BCUT2D eigenvalue weighted by molar-refractivity contribution is -0.128. The lowest BCUT2D eigenvalue weighted by Gasteiger charge is -2.41. The molecule has 0 bridgehead atoms. The monoisotopic (exact) mass is 555 g/mol. The van der Waals surface area contributed by atoms with Crippen LogP contribution in [-0.2, 0) is 23.3 Å². The Kier molecular flexibility index (Phi) is 7.47. The molecule has 3 atom stereocenters. The van der Waals surface area contributed by atoms with E-state index in [1.807, 2.05) is 0 Å². The van der Waals surface area contributed by atoms with Crippen LogP contribution < -0.4 is 9.64 Å². The molecule has 2 aromatic rings. The van der Waals surface area contributed by atoms with E-state index < -0.39 is 0 Å². The summed E-state index contributed by atoms with van der Waals surface area (Å²) in [6.07, 6.45) is 5.03. The average molecular weight is 556 g/mol. The minimum Gasteiger partial charge on any atom is -0.447 e. The number of benzene rings is 1. The van der Waals surface area contributed by atoms with E-state index in [4.69, 9.17) is 14.7 Å². The highest BCUT2D eigenvalue weighted by atomic mass is 16.5. The van der Waals surface area contributed by atoms with Gasteiger partial charge in [-0.1, -0.05) is 44.7 Å². The molecule has 0 saturated carbocycles. The molecular weight excluding hydrogens is 514 g/mol. The van der Waals surface area contributed by atoms with Gasteiger partial charge >= 0.3 is 6.01 Å². The fraction of sp³-hybridized carbons (Fsp3) is 0.562. The number of nitrogens with zero attached hydrogens (tertiary/aromatic N) is 7. The molecule has 2 unspecified atom stereocenters. The van der Waals surface area contributed by atoms with Gasteiger partial charge in [0.2, 0.25) is 5.91 Å². The van der Waals surface area contributed by atoms with Gasteiger partial charge in [0.15, 0.2) is 0 Å². The van der Waals surface area contributed by atoms with Crippen molar-refractivity contribution in [1.29, 1.82) is 5.26 Å². The number of likely N-dealkylation sites (tertiary alicyclic amines) is 1. The zero-order valence-electron chi connectivity index (χ0n) is 24.6. The van der Waals surface area contributed by atoms with E-state index in [0.29, 0.717) is 44.5 Å². The smallest absolute Gasteiger partial charge is 0.319 e. The van der Waals surface area contributed by atoms with Gasteiger partial charge in [0.05, 0.1) is 24.2 Å². The summed E-state index contributed by atoms with van der Waals surface area (Å²) >= 11 is 0. The molecular formula is C32H41N7O2. The second-order valence-corrected chi connectivity index (χ2v) is 12.6. The van der Waals surface area contributed by atoms with E-state index >= 15 is 0 Å². The number of fused-ring (bicyclic) bond motifs is 2. The number of ether oxygens (including phenoxy) is 1. The Bertz CT molecular complexity index is 1370. The molecule has 1 aromatic carbocycles. The van der Waals surface area contributed by atoms with E-state index in [2.05, 4.69) is 72.4 Å². The van der Waals surface area contributed by atoms with Crippen LogP contribution in [0.2, 0.25) is 0 Å². The third kappa shape index (κ3) is 5.20. The van der Waals surface area contributed by atoms with Crippen molar-refractivity contribution in [3.63, 3.8) is 0 Å². The van der Waals surface area contributed by atoms with E-state index in [9.17, 15) is 10.1 Å². The highest BCUT2D eigenvalue weighted by molar-refractivity contribution is 5.87. The molecule has 1 aromatic heterocycles. The minimum atomic E-state index is -0.223. The van der Waals surface area contributed by atoms with Crippen molar-refractivity contribution in [3.8, 4) is 12.1 Å². The summed E-state index contributed by atoms with van der Waals surface area (Å²) in [7, 11) is 0. The summed E-state index contributed by atoms with van der Waals surface area (Å²) in [6, 6.07) is 12.1. The summed E-state index contributed by atoms with van der Waals surface area (Å²) in [5.41, 5.74) is 5.10. The number of hydrogen-bond acceptors (Lipinski definition) is 8. The zero-order chi connectivity index (χ0) is 28.7. The van der Waals surface area contributed by atoms with Gasteiger partial charge in [-0.25, -0.2) is 0 Å². The maximum absolute atomic E-state index is 12.5. The minimum absolute atomic E-state index is 0.115. The van der Waals surface area contributed by atoms with E-state index in [-0.39, 0.29) is 23.8 Å². The van der Waals surface area contributed by atoms with Crippen LogP contribution in [0.25, 0.3) is 0 Å². The van der Waals surface area contributed by atoms with Crippen LogP contribution in [-0.4, -0.2) is 75.6 Å².